The number of hydrogen-bond donors (Lipinski definition) is 4. The number of aliphatic hydroxyl groups is 1. The summed E-state index contributed by atoms with van der Waals surface area (Å²) in [5.74, 6) is -0.118. The lowest BCUT2D eigenvalue weighted by Gasteiger charge is -2.34. The van der Waals surface area contributed by atoms with Crippen LogP contribution in [0.5, 0.6) is 5.75 Å². The second kappa shape index (κ2) is 16.2. The van der Waals surface area contributed by atoms with Crippen LogP contribution in [0, 0.1) is 0 Å². The second-order valence-electron chi connectivity index (χ2n) is 12.0. The Kier molecular flexibility index (Phi) is 11.8. The number of aromatic amines is 2. The quantitative estimate of drug-likeness (QED) is 0.129. The Morgan fingerprint density at radius 2 is 1.77 bits per heavy atom. The van der Waals surface area contributed by atoms with Crippen LogP contribution in [-0.4, -0.2) is 81.0 Å². The number of nitrogens with zero attached hydrogens (tertiary/aromatic N) is 2. The third kappa shape index (κ3) is 8.77. The van der Waals surface area contributed by atoms with E-state index in [4.69, 9.17) is 9.47 Å². The van der Waals surface area contributed by atoms with Gasteiger partial charge >= 0.3 is 11.7 Å². The molecule has 4 N–H and O–H groups in total. The Morgan fingerprint density at radius 3 is 2.46 bits per heavy atom. The fourth-order valence-corrected chi connectivity index (χ4v) is 7.26. The van der Waals surface area contributed by atoms with Crippen molar-refractivity contribution >= 4 is 38.4 Å². The SMILES string of the molecule is CCCCc1ccc(S(=O)(=O)N(CC(=O)OCC)c2ccc(N3CCC(NC[C@H](O)COc4cccc5[nH]c(=O)[nH]c45)CC3)cc2)cc1. The van der Waals surface area contributed by atoms with Gasteiger partial charge in [-0.3, -0.25) is 9.10 Å². The van der Waals surface area contributed by atoms with Crippen LogP contribution in [0.2, 0.25) is 0 Å². The molecule has 12 nitrogen and oxygen atoms in total. The first-order valence-corrected chi connectivity index (χ1v) is 18.0. The molecule has 0 bridgehead atoms. The minimum atomic E-state index is -4.03. The highest BCUT2D eigenvalue weighted by Gasteiger charge is 2.28. The normalized spacial score (nSPS) is 14.6. The van der Waals surface area contributed by atoms with E-state index in [-0.39, 0.29) is 29.8 Å². The van der Waals surface area contributed by atoms with Gasteiger partial charge in [0.1, 0.15) is 30.5 Å². The summed E-state index contributed by atoms with van der Waals surface area (Å²) >= 11 is 0. The number of ether oxygens (including phenoxy) is 2. The highest BCUT2D eigenvalue weighted by molar-refractivity contribution is 7.92. The number of para-hydroxylation sites is 1. The minimum Gasteiger partial charge on any atom is -0.489 e. The van der Waals surface area contributed by atoms with Crippen molar-refractivity contribution in [2.24, 2.45) is 0 Å². The van der Waals surface area contributed by atoms with Gasteiger partial charge in [-0.15, -0.1) is 0 Å². The number of nitrogens with one attached hydrogen (secondary N) is 3. The summed E-state index contributed by atoms with van der Waals surface area (Å²) < 4.78 is 39.5. The molecule has 0 spiro atoms. The van der Waals surface area contributed by atoms with Gasteiger partial charge in [0.05, 0.1) is 22.7 Å². The smallest absolute Gasteiger partial charge is 0.326 e. The molecule has 1 atom stereocenters. The number of rotatable bonds is 16. The van der Waals surface area contributed by atoms with Gasteiger partial charge < -0.3 is 34.8 Å². The van der Waals surface area contributed by atoms with Crippen molar-refractivity contribution in [2.45, 2.75) is 63.0 Å². The third-order valence-electron chi connectivity index (χ3n) is 8.49. The molecular formula is C35H45N5O7S. The topological polar surface area (TPSA) is 157 Å². The molecule has 0 radical (unpaired) electrons. The van der Waals surface area contributed by atoms with E-state index in [1.165, 1.54) is 0 Å². The minimum absolute atomic E-state index is 0.0810. The zero-order chi connectivity index (χ0) is 34.1. The summed E-state index contributed by atoms with van der Waals surface area (Å²) in [5, 5.41) is 14.0. The number of carbonyl (C=O) groups is 1. The van der Waals surface area contributed by atoms with Crippen LogP contribution in [0.25, 0.3) is 11.0 Å². The van der Waals surface area contributed by atoms with E-state index in [1.807, 2.05) is 24.3 Å². The molecule has 4 aromatic rings. The molecule has 1 aromatic heterocycles. The number of hydrogen-bond acceptors (Lipinski definition) is 9. The molecule has 13 heteroatoms. The Labute approximate surface area is 281 Å². The molecule has 0 aliphatic carbocycles. The largest absolute Gasteiger partial charge is 0.489 e. The Morgan fingerprint density at radius 1 is 1.04 bits per heavy atom. The molecule has 258 valence electrons. The van der Waals surface area contributed by atoms with Crippen LogP contribution in [0.4, 0.5) is 11.4 Å². The van der Waals surface area contributed by atoms with E-state index in [0.29, 0.717) is 29.0 Å². The standard InChI is InChI=1S/C35H45N5O7S/c1-3-5-7-25-10-16-30(17-11-25)48(44,45)40(23-33(42)46-4-2)28-14-12-27(13-15-28)39-20-18-26(19-21-39)36-22-29(41)24-47-32-9-6-8-31-34(32)38-35(43)37-31/h6,8-17,26,29,36,41H,3-5,7,18-24H2,1-2H3,(H2,37,38,43)/t29-/m0/s1. The zero-order valence-electron chi connectivity index (χ0n) is 27.5. The first-order valence-electron chi connectivity index (χ1n) is 16.6. The maximum atomic E-state index is 13.8. The molecule has 1 aliphatic heterocycles. The number of aromatic nitrogens is 2. The fourth-order valence-electron chi connectivity index (χ4n) is 5.85. The summed E-state index contributed by atoms with van der Waals surface area (Å²) in [7, 11) is -4.03. The number of fused-ring (bicyclic) bond motifs is 1. The molecule has 0 amide bonds. The van der Waals surface area contributed by atoms with Crippen molar-refractivity contribution in [2.75, 3.05) is 48.6 Å². The average Bonchev–Trinajstić information content (AvgIpc) is 3.49. The van der Waals surface area contributed by atoms with Gasteiger partial charge in [-0.25, -0.2) is 13.2 Å². The Balaban J connectivity index is 1.15. The third-order valence-corrected chi connectivity index (χ3v) is 10.3. The van der Waals surface area contributed by atoms with Gasteiger partial charge in [0.15, 0.2) is 0 Å². The van der Waals surface area contributed by atoms with Crippen molar-refractivity contribution in [3.63, 3.8) is 0 Å². The van der Waals surface area contributed by atoms with Crippen molar-refractivity contribution in [1.82, 2.24) is 15.3 Å². The number of piperidine rings is 1. The van der Waals surface area contributed by atoms with Crippen LogP contribution in [0.1, 0.15) is 45.1 Å². The summed E-state index contributed by atoms with van der Waals surface area (Å²) in [6.45, 7) is 5.54. The zero-order valence-corrected chi connectivity index (χ0v) is 28.3. The van der Waals surface area contributed by atoms with Crippen LogP contribution in [-0.2, 0) is 26.0 Å². The highest BCUT2D eigenvalue weighted by Crippen LogP contribution is 2.28. The lowest BCUT2D eigenvalue weighted by molar-refractivity contribution is -0.141. The molecule has 1 fully saturated rings. The van der Waals surface area contributed by atoms with Crippen LogP contribution < -0.4 is 24.9 Å². The lowest BCUT2D eigenvalue weighted by atomic mass is 10.0. The van der Waals surface area contributed by atoms with Gasteiger partial charge in [-0.1, -0.05) is 31.5 Å². The van der Waals surface area contributed by atoms with Gasteiger partial charge in [0.25, 0.3) is 10.0 Å². The molecule has 0 unspecified atom stereocenters. The summed E-state index contributed by atoms with van der Waals surface area (Å²) in [5.41, 5.74) is 3.32. The monoisotopic (exact) mass is 679 g/mol. The van der Waals surface area contributed by atoms with Crippen molar-refractivity contribution < 1.29 is 27.8 Å². The number of H-pyrrole nitrogens is 2. The number of aliphatic hydroxyl groups excluding tert-OH is 1. The number of anilines is 2. The molecule has 0 saturated carbocycles. The van der Waals surface area contributed by atoms with Crippen molar-refractivity contribution in [1.29, 1.82) is 0 Å². The maximum absolute atomic E-state index is 13.8. The number of unbranched alkanes of at least 4 members (excludes halogenated alkanes) is 1. The predicted octanol–water partition coefficient (Wildman–Crippen LogP) is 3.96. The second-order valence-corrected chi connectivity index (χ2v) is 13.8. The van der Waals surface area contributed by atoms with E-state index in [1.54, 1.807) is 49.4 Å². The number of imidazole rings is 1. The number of carbonyl (C=O) groups excluding carboxylic acids is 1. The van der Waals surface area contributed by atoms with E-state index in [0.717, 1.165) is 60.7 Å². The van der Waals surface area contributed by atoms with Crippen molar-refractivity contribution in [3.8, 4) is 5.75 Å². The maximum Gasteiger partial charge on any atom is 0.326 e. The molecule has 5 rings (SSSR count). The molecule has 1 saturated heterocycles. The molecular weight excluding hydrogens is 634 g/mol. The van der Waals surface area contributed by atoms with Gasteiger partial charge in [0, 0.05) is 31.4 Å². The predicted molar refractivity (Wildman–Crippen MR) is 186 cm³/mol. The number of aryl methyl sites for hydroxylation is 1. The van der Waals surface area contributed by atoms with Crippen LogP contribution in [0.3, 0.4) is 0 Å². The summed E-state index contributed by atoms with van der Waals surface area (Å²) in [6, 6.07) is 19.6. The summed E-state index contributed by atoms with van der Waals surface area (Å²) in [4.78, 5) is 31.9. The van der Waals surface area contributed by atoms with E-state index in [9.17, 15) is 23.1 Å². The van der Waals surface area contributed by atoms with Gasteiger partial charge in [-0.05, 0) is 86.7 Å². The van der Waals surface area contributed by atoms with Crippen LogP contribution >= 0.6 is 0 Å². The van der Waals surface area contributed by atoms with Crippen molar-refractivity contribution in [3.05, 3.63) is 82.8 Å². The van der Waals surface area contributed by atoms with E-state index < -0.39 is 28.6 Å². The fraction of sp³-hybridized carbons (Fsp3) is 0.429. The number of benzene rings is 3. The molecule has 2 heterocycles. The van der Waals surface area contributed by atoms with Gasteiger partial charge in [0.2, 0.25) is 0 Å². The number of sulfonamides is 1. The van der Waals surface area contributed by atoms with E-state index >= 15 is 0 Å². The lowest BCUT2D eigenvalue weighted by Crippen LogP contribution is -2.45. The first kappa shape index (κ1) is 35.0. The Hall–Kier alpha value is -4.33. The Bertz CT molecular complexity index is 1800. The van der Waals surface area contributed by atoms with Gasteiger partial charge in [-0.2, -0.15) is 0 Å². The highest BCUT2D eigenvalue weighted by atomic mass is 32.2. The first-order chi connectivity index (χ1) is 23.2. The molecule has 48 heavy (non-hydrogen) atoms. The molecule has 3 aromatic carbocycles. The average molecular weight is 680 g/mol. The summed E-state index contributed by atoms with van der Waals surface area (Å²) in [6.07, 6.45) is 3.95. The number of esters is 1. The molecule has 1 aliphatic rings. The van der Waals surface area contributed by atoms with Crippen LogP contribution in [0.15, 0.2) is 76.4 Å². The van der Waals surface area contributed by atoms with E-state index in [2.05, 4.69) is 27.1 Å².